The van der Waals surface area contributed by atoms with Crippen molar-refractivity contribution in [1.29, 1.82) is 0 Å². The van der Waals surface area contributed by atoms with Crippen LogP contribution in [0.15, 0.2) is 200 Å². The lowest BCUT2D eigenvalue weighted by Crippen LogP contribution is -2.10. The second-order valence-electron chi connectivity index (χ2n) is 13.7. The van der Waals surface area contributed by atoms with E-state index in [1.807, 2.05) is 0 Å². The van der Waals surface area contributed by atoms with Crippen LogP contribution < -0.4 is 4.90 Å². The molecule has 8 aromatic carbocycles. The summed E-state index contributed by atoms with van der Waals surface area (Å²) in [7, 11) is 0. The molecule has 8 rings (SSSR count). The van der Waals surface area contributed by atoms with Crippen molar-refractivity contribution in [1.82, 2.24) is 0 Å². The van der Waals surface area contributed by atoms with Crippen LogP contribution in [-0.2, 0) is 6.42 Å². The van der Waals surface area contributed by atoms with Crippen LogP contribution in [0.5, 0.6) is 0 Å². The molecule has 1 nitrogen and oxygen atoms in total. The first-order chi connectivity index (χ1) is 25.7. The van der Waals surface area contributed by atoms with E-state index in [1.165, 1.54) is 68.1 Å². The monoisotopic (exact) mass is 669 g/mol. The number of rotatable bonds is 11. The molecule has 0 aliphatic heterocycles. The smallest absolute Gasteiger partial charge is 0.0467 e. The number of benzene rings is 8. The minimum absolute atomic E-state index is 0.495. The molecule has 0 aromatic heterocycles. The van der Waals surface area contributed by atoms with Crippen LogP contribution in [0.2, 0.25) is 0 Å². The molecule has 8 aromatic rings. The van der Waals surface area contributed by atoms with Crippen LogP contribution in [-0.4, -0.2) is 0 Å². The SMILES string of the molecule is CCCC(Cc1ccc2ccccc2c1)c1ccc(-c2ccc(N(c3cccc(-c4ccccc4)c3)c3cccc(-c4ccccc4)c3)cc2)cc1. The van der Waals surface area contributed by atoms with Crippen molar-refractivity contribution in [2.45, 2.75) is 32.1 Å². The van der Waals surface area contributed by atoms with Gasteiger partial charge in [-0.05, 0) is 110 Å². The van der Waals surface area contributed by atoms with Gasteiger partial charge < -0.3 is 4.90 Å². The zero-order valence-corrected chi connectivity index (χ0v) is 29.7. The van der Waals surface area contributed by atoms with Gasteiger partial charge in [0.2, 0.25) is 0 Å². The first kappa shape index (κ1) is 33.0. The van der Waals surface area contributed by atoms with E-state index in [2.05, 4.69) is 212 Å². The Hall–Kier alpha value is -6.18. The van der Waals surface area contributed by atoms with Gasteiger partial charge in [-0.25, -0.2) is 0 Å². The first-order valence-corrected chi connectivity index (χ1v) is 18.5. The van der Waals surface area contributed by atoms with Crippen molar-refractivity contribution in [2.75, 3.05) is 4.90 Å². The van der Waals surface area contributed by atoms with Gasteiger partial charge in [-0.2, -0.15) is 0 Å². The van der Waals surface area contributed by atoms with Crippen LogP contribution in [0.1, 0.15) is 36.8 Å². The highest BCUT2D eigenvalue weighted by Gasteiger charge is 2.16. The van der Waals surface area contributed by atoms with Crippen LogP contribution in [0, 0.1) is 0 Å². The van der Waals surface area contributed by atoms with E-state index in [-0.39, 0.29) is 0 Å². The largest absolute Gasteiger partial charge is 0.310 e. The van der Waals surface area contributed by atoms with E-state index in [9.17, 15) is 0 Å². The van der Waals surface area contributed by atoms with Gasteiger partial charge in [-0.15, -0.1) is 0 Å². The maximum absolute atomic E-state index is 2.37. The molecule has 52 heavy (non-hydrogen) atoms. The molecular weight excluding hydrogens is 627 g/mol. The molecule has 0 amide bonds. The molecule has 252 valence electrons. The van der Waals surface area contributed by atoms with Gasteiger partial charge in [0, 0.05) is 17.1 Å². The Labute approximate surface area is 308 Å². The molecule has 0 saturated heterocycles. The van der Waals surface area contributed by atoms with Crippen molar-refractivity contribution in [3.63, 3.8) is 0 Å². The van der Waals surface area contributed by atoms with Crippen molar-refractivity contribution in [2.24, 2.45) is 0 Å². The molecule has 0 radical (unpaired) electrons. The maximum atomic E-state index is 2.37. The average Bonchev–Trinajstić information content (AvgIpc) is 3.22. The highest BCUT2D eigenvalue weighted by atomic mass is 15.1. The van der Waals surface area contributed by atoms with Crippen molar-refractivity contribution >= 4 is 27.8 Å². The maximum Gasteiger partial charge on any atom is 0.0467 e. The highest BCUT2D eigenvalue weighted by Crippen LogP contribution is 2.39. The second-order valence-corrected chi connectivity index (χ2v) is 13.7. The molecule has 0 bridgehead atoms. The third-order valence-corrected chi connectivity index (χ3v) is 10.2. The fraction of sp³-hybridized carbons (Fsp3) is 0.0980. The first-order valence-electron chi connectivity index (χ1n) is 18.5. The van der Waals surface area contributed by atoms with Crippen LogP contribution in [0.3, 0.4) is 0 Å². The summed E-state index contributed by atoms with van der Waals surface area (Å²) in [5.74, 6) is 0.495. The summed E-state index contributed by atoms with van der Waals surface area (Å²) >= 11 is 0. The Morgan fingerprint density at radius 1 is 0.385 bits per heavy atom. The molecule has 0 fully saturated rings. The summed E-state index contributed by atoms with van der Waals surface area (Å²) in [5, 5.41) is 2.62. The normalized spacial score (nSPS) is 11.7. The Morgan fingerprint density at radius 3 is 1.46 bits per heavy atom. The molecule has 1 atom stereocenters. The van der Waals surface area contributed by atoms with Gasteiger partial charge in [0.1, 0.15) is 0 Å². The Bertz CT molecular complexity index is 2290. The number of anilines is 3. The van der Waals surface area contributed by atoms with E-state index in [0.29, 0.717) is 5.92 Å². The van der Waals surface area contributed by atoms with Gasteiger partial charge in [-0.1, -0.05) is 177 Å². The molecule has 0 spiro atoms. The summed E-state index contributed by atoms with van der Waals surface area (Å²) in [6.45, 7) is 2.29. The van der Waals surface area contributed by atoms with Crippen molar-refractivity contribution in [3.05, 3.63) is 211 Å². The highest BCUT2D eigenvalue weighted by molar-refractivity contribution is 5.84. The Kier molecular flexibility index (Phi) is 9.75. The number of nitrogens with zero attached hydrogens (tertiary/aromatic N) is 1. The molecule has 0 heterocycles. The van der Waals surface area contributed by atoms with Crippen molar-refractivity contribution < 1.29 is 0 Å². The van der Waals surface area contributed by atoms with Crippen LogP contribution in [0.25, 0.3) is 44.2 Å². The molecule has 1 unspecified atom stereocenters. The Balaban J connectivity index is 1.09. The van der Waals surface area contributed by atoms with Crippen LogP contribution in [0.4, 0.5) is 17.1 Å². The van der Waals surface area contributed by atoms with Gasteiger partial charge in [0.25, 0.3) is 0 Å². The van der Waals surface area contributed by atoms with Crippen molar-refractivity contribution in [3.8, 4) is 33.4 Å². The molecule has 1 heteroatoms. The van der Waals surface area contributed by atoms with E-state index in [0.717, 1.165) is 23.5 Å². The number of hydrogen-bond donors (Lipinski definition) is 0. The molecule has 0 aliphatic rings. The quantitative estimate of drug-likeness (QED) is 0.132. The minimum Gasteiger partial charge on any atom is -0.310 e. The lowest BCUT2D eigenvalue weighted by Gasteiger charge is -2.27. The lowest BCUT2D eigenvalue weighted by atomic mass is 9.87. The van der Waals surface area contributed by atoms with E-state index in [4.69, 9.17) is 0 Å². The average molecular weight is 670 g/mol. The third kappa shape index (κ3) is 7.31. The van der Waals surface area contributed by atoms with Gasteiger partial charge in [0.15, 0.2) is 0 Å². The van der Waals surface area contributed by atoms with Gasteiger partial charge >= 0.3 is 0 Å². The number of hydrogen-bond acceptors (Lipinski definition) is 1. The van der Waals surface area contributed by atoms with E-state index < -0.39 is 0 Å². The van der Waals surface area contributed by atoms with Gasteiger partial charge in [-0.3, -0.25) is 0 Å². The second kappa shape index (κ2) is 15.4. The minimum atomic E-state index is 0.495. The summed E-state index contributed by atoms with van der Waals surface area (Å²) in [5.41, 5.74) is 13.4. The Morgan fingerprint density at radius 2 is 0.885 bits per heavy atom. The summed E-state index contributed by atoms with van der Waals surface area (Å²) in [4.78, 5) is 2.37. The zero-order chi connectivity index (χ0) is 35.1. The topological polar surface area (TPSA) is 3.24 Å². The summed E-state index contributed by atoms with van der Waals surface area (Å²) < 4.78 is 0. The fourth-order valence-corrected chi connectivity index (χ4v) is 7.49. The predicted molar refractivity (Wildman–Crippen MR) is 223 cm³/mol. The third-order valence-electron chi connectivity index (χ3n) is 10.2. The van der Waals surface area contributed by atoms with Crippen LogP contribution >= 0.6 is 0 Å². The summed E-state index contributed by atoms with van der Waals surface area (Å²) in [6, 6.07) is 72.9. The zero-order valence-electron chi connectivity index (χ0n) is 29.7. The standard InChI is InChI=1S/C51H43N/c1-2-13-45(34-38-24-25-41-18-9-10-19-46(41)35-38)44-28-26-42(27-29-44)43-30-32-49(33-31-43)52(50-22-11-20-47(36-50)39-14-5-3-6-15-39)51-23-12-21-48(37-51)40-16-7-4-8-17-40/h3-12,14-33,35-37,45H,2,13,34H2,1H3. The number of fused-ring (bicyclic) bond motifs is 1. The molecule has 0 saturated carbocycles. The molecule has 0 aliphatic carbocycles. The fourth-order valence-electron chi connectivity index (χ4n) is 7.49. The molecular formula is C51H43N. The predicted octanol–water partition coefficient (Wildman–Crippen LogP) is 14.4. The summed E-state index contributed by atoms with van der Waals surface area (Å²) in [6.07, 6.45) is 3.40. The lowest BCUT2D eigenvalue weighted by molar-refractivity contribution is 0.610. The van der Waals surface area contributed by atoms with E-state index in [1.54, 1.807) is 0 Å². The van der Waals surface area contributed by atoms with Gasteiger partial charge in [0.05, 0.1) is 0 Å². The molecule has 0 N–H and O–H groups in total. The van der Waals surface area contributed by atoms with E-state index >= 15 is 0 Å².